The molecule has 30 heavy (non-hydrogen) atoms. The van der Waals surface area contributed by atoms with Gasteiger partial charge < -0.3 is 9.73 Å². The smallest absolute Gasteiger partial charge is 0.269 e. The van der Waals surface area contributed by atoms with Gasteiger partial charge >= 0.3 is 0 Å². The minimum Gasteiger partial charge on any atom is -0.457 e. The van der Waals surface area contributed by atoms with Gasteiger partial charge in [-0.25, -0.2) is 4.99 Å². The molecule has 1 aliphatic heterocycles. The van der Waals surface area contributed by atoms with E-state index in [0.29, 0.717) is 42.9 Å². The number of non-ortho nitro benzene ring substituents is 1. The maximum absolute atomic E-state index is 12.2. The van der Waals surface area contributed by atoms with E-state index in [2.05, 4.69) is 10.3 Å². The first-order valence-corrected chi connectivity index (χ1v) is 10.1. The Balaban J connectivity index is 1.52. The van der Waals surface area contributed by atoms with E-state index in [-0.39, 0.29) is 11.6 Å². The number of carbonyl (C=O) groups excluding carboxylic acids is 1. The summed E-state index contributed by atoms with van der Waals surface area (Å²) in [7, 11) is 0. The Hall–Kier alpha value is -3.07. The molecule has 7 nitrogen and oxygen atoms in total. The fraction of sp³-hybridized carbons (Fsp3) is 0. The van der Waals surface area contributed by atoms with Crippen molar-refractivity contribution >= 4 is 63.5 Å². The lowest BCUT2D eigenvalue weighted by Crippen LogP contribution is -2.19. The predicted molar refractivity (Wildman–Crippen MR) is 118 cm³/mol. The first-order valence-electron chi connectivity index (χ1n) is 8.48. The molecule has 1 N–H and O–H groups in total. The van der Waals surface area contributed by atoms with Gasteiger partial charge in [0.1, 0.15) is 11.5 Å². The van der Waals surface area contributed by atoms with Crippen molar-refractivity contribution in [2.24, 2.45) is 4.99 Å². The molecule has 0 aliphatic carbocycles. The van der Waals surface area contributed by atoms with E-state index in [1.165, 1.54) is 23.9 Å². The molecule has 1 fully saturated rings. The van der Waals surface area contributed by atoms with Crippen molar-refractivity contribution in [3.63, 3.8) is 0 Å². The number of aliphatic imine (C=N–C) groups is 1. The number of carbonyl (C=O) groups is 1. The number of thioether (sulfide) groups is 1. The summed E-state index contributed by atoms with van der Waals surface area (Å²) >= 11 is 13.1. The minimum absolute atomic E-state index is 0.000431. The Bertz CT molecular complexity index is 1220. The van der Waals surface area contributed by atoms with Crippen LogP contribution in [0.5, 0.6) is 0 Å². The number of halogens is 2. The molecule has 1 aromatic heterocycles. The zero-order chi connectivity index (χ0) is 21.3. The number of nitrogens with zero attached hydrogens (tertiary/aromatic N) is 2. The predicted octanol–water partition coefficient (Wildman–Crippen LogP) is 6.05. The topological polar surface area (TPSA) is 97.7 Å². The van der Waals surface area contributed by atoms with E-state index in [0.717, 1.165) is 0 Å². The van der Waals surface area contributed by atoms with Crippen LogP contribution in [-0.2, 0) is 4.79 Å². The van der Waals surface area contributed by atoms with Crippen LogP contribution in [0.15, 0.2) is 68.9 Å². The number of nitro benzene ring substituents is 1. The van der Waals surface area contributed by atoms with Crippen LogP contribution in [0.4, 0.5) is 11.4 Å². The highest BCUT2D eigenvalue weighted by Crippen LogP contribution is 2.32. The number of amides is 1. The molecule has 0 saturated carbocycles. The van der Waals surface area contributed by atoms with Gasteiger partial charge in [-0.05, 0) is 54.2 Å². The largest absolute Gasteiger partial charge is 0.457 e. The van der Waals surface area contributed by atoms with Crippen LogP contribution < -0.4 is 5.32 Å². The fourth-order valence-electron chi connectivity index (χ4n) is 2.61. The number of hydrogen-bond acceptors (Lipinski definition) is 6. The summed E-state index contributed by atoms with van der Waals surface area (Å²) in [4.78, 5) is 27.3. The molecule has 0 atom stereocenters. The molecule has 3 aromatic rings. The number of hydrogen-bond donors (Lipinski definition) is 1. The van der Waals surface area contributed by atoms with Gasteiger partial charge in [0, 0.05) is 23.8 Å². The SMILES string of the molecule is O=C1NC(=Nc2ccc(Cl)c(Cl)c2)SC1=Cc1ccc(-c2ccc([N+](=O)[O-])cc2)o1. The summed E-state index contributed by atoms with van der Waals surface area (Å²) in [6, 6.07) is 14.4. The zero-order valence-electron chi connectivity index (χ0n) is 15.0. The van der Waals surface area contributed by atoms with Gasteiger partial charge in [0.05, 0.1) is 25.6 Å². The van der Waals surface area contributed by atoms with Gasteiger partial charge in [0.25, 0.3) is 11.6 Å². The lowest BCUT2D eigenvalue weighted by molar-refractivity contribution is -0.384. The Labute approximate surface area is 184 Å². The second kappa shape index (κ2) is 8.35. The maximum atomic E-state index is 12.2. The molecular formula is C20H11Cl2N3O4S. The number of nitrogens with one attached hydrogen (secondary N) is 1. The average molecular weight is 460 g/mol. The van der Waals surface area contributed by atoms with Crippen LogP contribution in [0, 0.1) is 10.1 Å². The van der Waals surface area contributed by atoms with Crippen molar-refractivity contribution < 1.29 is 14.1 Å². The molecule has 0 spiro atoms. The zero-order valence-corrected chi connectivity index (χ0v) is 17.3. The van der Waals surface area contributed by atoms with Crippen molar-refractivity contribution in [3.05, 3.63) is 85.4 Å². The van der Waals surface area contributed by atoms with E-state index < -0.39 is 4.92 Å². The van der Waals surface area contributed by atoms with Crippen molar-refractivity contribution in [2.75, 3.05) is 0 Å². The van der Waals surface area contributed by atoms with Crippen LogP contribution >= 0.6 is 35.0 Å². The third-order valence-electron chi connectivity index (χ3n) is 4.05. The standard InChI is InChI=1S/C20H11Cl2N3O4S/c21-15-7-3-12(9-16(15)22)23-20-24-19(26)18(30-20)10-14-6-8-17(29-14)11-1-4-13(5-2-11)25(27)28/h1-10H,(H,23,24,26). The first kappa shape index (κ1) is 20.2. The van der Waals surface area contributed by atoms with Gasteiger partial charge in [0.15, 0.2) is 5.17 Å². The summed E-state index contributed by atoms with van der Waals surface area (Å²) < 4.78 is 5.75. The monoisotopic (exact) mass is 459 g/mol. The normalized spacial score (nSPS) is 16.3. The molecule has 2 heterocycles. The maximum Gasteiger partial charge on any atom is 0.269 e. The second-order valence-corrected chi connectivity index (χ2v) is 7.93. The molecule has 0 bridgehead atoms. The van der Waals surface area contributed by atoms with Gasteiger partial charge in [-0.15, -0.1) is 0 Å². The Morgan fingerprint density at radius 2 is 1.83 bits per heavy atom. The molecule has 10 heteroatoms. The highest BCUT2D eigenvalue weighted by atomic mass is 35.5. The van der Waals surface area contributed by atoms with Gasteiger partial charge in [0.2, 0.25) is 0 Å². The summed E-state index contributed by atoms with van der Waals surface area (Å²) in [5.41, 5.74) is 1.25. The van der Waals surface area contributed by atoms with E-state index in [4.69, 9.17) is 27.6 Å². The van der Waals surface area contributed by atoms with Gasteiger partial charge in [-0.2, -0.15) is 0 Å². The summed E-state index contributed by atoms with van der Waals surface area (Å²) in [6.45, 7) is 0. The lowest BCUT2D eigenvalue weighted by Gasteiger charge is -1.98. The molecule has 1 aliphatic rings. The molecule has 1 amide bonds. The number of benzene rings is 2. The van der Waals surface area contributed by atoms with Crippen LogP contribution in [-0.4, -0.2) is 16.0 Å². The molecular weight excluding hydrogens is 449 g/mol. The summed E-state index contributed by atoms with van der Waals surface area (Å²) in [5.74, 6) is 0.703. The summed E-state index contributed by atoms with van der Waals surface area (Å²) in [5, 5.41) is 14.7. The first-order chi connectivity index (χ1) is 14.4. The lowest BCUT2D eigenvalue weighted by atomic mass is 10.1. The fourth-order valence-corrected chi connectivity index (χ4v) is 3.73. The Morgan fingerprint density at radius 1 is 1.07 bits per heavy atom. The molecule has 2 aromatic carbocycles. The average Bonchev–Trinajstić information content (AvgIpc) is 3.32. The minimum atomic E-state index is -0.463. The van der Waals surface area contributed by atoms with Crippen molar-refractivity contribution in [1.29, 1.82) is 0 Å². The van der Waals surface area contributed by atoms with E-state index in [1.54, 1.807) is 48.5 Å². The van der Waals surface area contributed by atoms with Crippen LogP contribution in [0.25, 0.3) is 17.4 Å². The highest BCUT2D eigenvalue weighted by molar-refractivity contribution is 8.18. The van der Waals surface area contributed by atoms with E-state index in [9.17, 15) is 14.9 Å². The van der Waals surface area contributed by atoms with Crippen molar-refractivity contribution in [1.82, 2.24) is 5.32 Å². The summed E-state index contributed by atoms with van der Waals surface area (Å²) in [6.07, 6.45) is 1.60. The van der Waals surface area contributed by atoms with Crippen LogP contribution in [0.3, 0.4) is 0 Å². The molecule has 0 unspecified atom stereocenters. The third kappa shape index (κ3) is 4.40. The molecule has 4 rings (SSSR count). The number of furan rings is 1. The highest BCUT2D eigenvalue weighted by Gasteiger charge is 2.24. The second-order valence-electron chi connectivity index (χ2n) is 6.09. The van der Waals surface area contributed by atoms with Crippen LogP contribution in [0.2, 0.25) is 10.0 Å². The molecule has 0 radical (unpaired) electrons. The van der Waals surface area contributed by atoms with Crippen molar-refractivity contribution in [2.45, 2.75) is 0 Å². The Morgan fingerprint density at radius 3 is 2.53 bits per heavy atom. The van der Waals surface area contributed by atoms with Crippen LogP contribution in [0.1, 0.15) is 5.76 Å². The number of amidine groups is 1. The van der Waals surface area contributed by atoms with E-state index >= 15 is 0 Å². The molecule has 1 saturated heterocycles. The number of rotatable bonds is 4. The van der Waals surface area contributed by atoms with E-state index in [1.807, 2.05) is 0 Å². The number of nitro groups is 1. The Kier molecular flexibility index (Phi) is 5.63. The quantitative estimate of drug-likeness (QED) is 0.290. The van der Waals surface area contributed by atoms with Gasteiger partial charge in [-0.3, -0.25) is 14.9 Å². The van der Waals surface area contributed by atoms with Gasteiger partial charge in [-0.1, -0.05) is 23.2 Å². The third-order valence-corrected chi connectivity index (χ3v) is 5.70. The van der Waals surface area contributed by atoms with Crippen molar-refractivity contribution in [3.8, 4) is 11.3 Å². The molecule has 150 valence electrons.